The number of halogens is 3. The van der Waals surface area contributed by atoms with E-state index in [1.807, 2.05) is 17.0 Å². The third-order valence-electron chi connectivity index (χ3n) is 4.31. The zero-order valence-electron chi connectivity index (χ0n) is 12.6. The molecule has 0 atom stereocenters. The Morgan fingerprint density at radius 3 is 2.43 bits per heavy atom. The van der Waals surface area contributed by atoms with Crippen molar-refractivity contribution in [1.82, 2.24) is 4.90 Å². The van der Waals surface area contributed by atoms with Crippen molar-refractivity contribution in [2.24, 2.45) is 21.5 Å². The molecule has 1 aromatic carbocycles. The highest BCUT2D eigenvalue weighted by Crippen LogP contribution is 2.37. The molecule has 1 aliphatic carbocycles. The lowest BCUT2D eigenvalue weighted by Gasteiger charge is -2.45. The molecule has 0 unspecified atom stereocenters. The largest absolute Gasteiger partial charge is 0.369 e. The Hall–Kier alpha value is -1.17. The molecule has 0 bridgehead atoms. The number of hydrogen-bond acceptors (Lipinski definition) is 5. The molecule has 1 spiro atoms. The van der Waals surface area contributed by atoms with E-state index in [1.165, 1.54) is 6.42 Å². The highest BCUT2D eigenvalue weighted by atomic mass is 35.5. The second-order valence-electron chi connectivity index (χ2n) is 5.82. The molecule has 0 saturated heterocycles. The van der Waals surface area contributed by atoms with E-state index < -0.39 is 0 Å². The Labute approximate surface area is 152 Å². The molecule has 4 N–H and O–H groups in total. The maximum absolute atomic E-state index is 6.15. The van der Waals surface area contributed by atoms with Crippen molar-refractivity contribution in [1.29, 1.82) is 0 Å². The van der Waals surface area contributed by atoms with Gasteiger partial charge in [0.25, 0.3) is 0 Å². The lowest BCUT2D eigenvalue weighted by Crippen LogP contribution is -2.57. The highest BCUT2D eigenvalue weighted by Gasteiger charge is 2.41. The van der Waals surface area contributed by atoms with E-state index in [2.05, 4.69) is 9.98 Å². The normalized spacial score (nSPS) is 19.8. The van der Waals surface area contributed by atoms with E-state index in [1.54, 1.807) is 6.07 Å². The van der Waals surface area contributed by atoms with Crippen LogP contribution in [0.15, 0.2) is 28.2 Å². The average molecular weight is 377 g/mol. The fraction of sp³-hybridized carbons (Fsp3) is 0.467. The maximum Gasteiger partial charge on any atom is 0.220 e. The molecule has 126 valence electrons. The summed E-state index contributed by atoms with van der Waals surface area (Å²) in [6, 6.07) is 5.59. The van der Waals surface area contributed by atoms with Crippen LogP contribution in [0.25, 0.3) is 0 Å². The van der Waals surface area contributed by atoms with Gasteiger partial charge in [0.2, 0.25) is 11.9 Å². The molecule has 5 nitrogen and oxygen atoms in total. The summed E-state index contributed by atoms with van der Waals surface area (Å²) in [7, 11) is 0. The zero-order valence-corrected chi connectivity index (χ0v) is 15.0. The smallest absolute Gasteiger partial charge is 0.220 e. The van der Waals surface area contributed by atoms with Crippen LogP contribution < -0.4 is 11.5 Å². The van der Waals surface area contributed by atoms with E-state index in [4.69, 9.17) is 34.7 Å². The van der Waals surface area contributed by atoms with Crippen LogP contribution in [0.3, 0.4) is 0 Å². The first-order valence-electron chi connectivity index (χ1n) is 7.41. The second kappa shape index (κ2) is 7.16. The van der Waals surface area contributed by atoms with Gasteiger partial charge < -0.3 is 16.4 Å². The van der Waals surface area contributed by atoms with Crippen LogP contribution in [0.1, 0.15) is 37.7 Å². The van der Waals surface area contributed by atoms with Gasteiger partial charge in [-0.05, 0) is 43.4 Å². The van der Waals surface area contributed by atoms with Crippen LogP contribution in [0.4, 0.5) is 0 Å². The zero-order chi connectivity index (χ0) is 15.7. The van der Waals surface area contributed by atoms with Crippen LogP contribution in [0.5, 0.6) is 0 Å². The number of guanidine groups is 2. The Morgan fingerprint density at radius 1 is 1.09 bits per heavy atom. The Balaban J connectivity index is 0.00000192. The first-order chi connectivity index (χ1) is 10.5. The predicted octanol–water partition coefficient (Wildman–Crippen LogP) is 3.52. The fourth-order valence-corrected chi connectivity index (χ4v) is 3.56. The number of rotatable bonds is 2. The van der Waals surface area contributed by atoms with Gasteiger partial charge in [-0.25, -0.2) is 4.99 Å². The number of aliphatic imine (C=N–C) groups is 2. The summed E-state index contributed by atoms with van der Waals surface area (Å²) >= 11 is 12.1. The third-order valence-corrected chi connectivity index (χ3v) is 5.05. The van der Waals surface area contributed by atoms with Crippen molar-refractivity contribution in [2.75, 3.05) is 0 Å². The minimum Gasteiger partial charge on any atom is -0.369 e. The van der Waals surface area contributed by atoms with E-state index in [0.717, 1.165) is 31.2 Å². The molecule has 23 heavy (non-hydrogen) atoms. The van der Waals surface area contributed by atoms with Crippen molar-refractivity contribution in [2.45, 2.75) is 44.3 Å². The molecule has 1 aromatic rings. The van der Waals surface area contributed by atoms with Crippen LogP contribution >= 0.6 is 35.6 Å². The third kappa shape index (κ3) is 3.67. The summed E-state index contributed by atoms with van der Waals surface area (Å²) < 4.78 is 0. The number of nitrogens with two attached hydrogens (primary N) is 2. The van der Waals surface area contributed by atoms with E-state index in [0.29, 0.717) is 22.5 Å². The van der Waals surface area contributed by atoms with E-state index >= 15 is 0 Å². The lowest BCUT2D eigenvalue weighted by atomic mass is 9.87. The Bertz CT molecular complexity index is 638. The van der Waals surface area contributed by atoms with E-state index in [-0.39, 0.29) is 24.0 Å². The maximum atomic E-state index is 6.15. The summed E-state index contributed by atoms with van der Waals surface area (Å²) in [5.41, 5.74) is 12.6. The molecule has 1 aliphatic heterocycles. The van der Waals surface area contributed by atoms with Gasteiger partial charge in [-0.3, -0.25) is 0 Å². The molecule has 0 aromatic heterocycles. The molecule has 0 amide bonds. The van der Waals surface area contributed by atoms with Gasteiger partial charge in [0.05, 0.1) is 10.0 Å². The molecular weight excluding hydrogens is 357 g/mol. The minimum atomic E-state index is -0.375. The monoisotopic (exact) mass is 375 g/mol. The van der Waals surface area contributed by atoms with Crippen LogP contribution in [0.2, 0.25) is 10.0 Å². The van der Waals surface area contributed by atoms with Gasteiger partial charge in [-0.2, -0.15) is 4.99 Å². The van der Waals surface area contributed by atoms with E-state index in [9.17, 15) is 0 Å². The van der Waals surface area contributed by atoms with Gasteiger partial charge in [-0.1, -0.05) is 35.7 Å². The summed E-state index contributed by atoms with van der Waals surface area (Å²) in [4.78, 5) is 10.8. The Morgan fingerprint density at radius 2 is 1.78 bits per heavy atom. The highest BCUT2D eigenvalue weighted by molar-refractivity contribution is 6.42. The first-order valence-corrected chi connectivity index (χ1v) is 8.17. The molecule has 1 heterocycles. The lowest BCUT2D eigenvalue weighted by molar-refractivity contribution is 0.114. The quantitative estimate of drug-likeness (QED) is 0.828. The number of nitrogens with zero attached hydrogens (tertiary/aromatic N) is 3. The van der Waals surface area contributed by atoms with Gasteiger partial charge in [0.1, 0.15) is 5.66 Å². The number of benzene rings is 1. The number of hydrogen-bond donors (Lipinski definition) is 2. The summed E-state index contributed by atoms with van der Waals surface area (Å²) in [6.45, 7) is 0.586. The van der Waals surface area contributed by atoms with Gasteiger partial charge >= 0.3 is 0 Å². The summed E-state index contributed by atoms with van der Waals surface area (Å²) in [5.74, 6) is 0.685. The van der Waals surface area contributed by atoms with Crippen molar-refractivity contribution < 1.29 is 0 Å². The molecule has 1 saturated carbocycles. The van der Waals surface area contributed by atoms with Crippen molar-refractivity contribution in [3.8, 4) is 0 Å². The summed E-state index contributed by atoms with van der Waals surface area (Å²) in [6.07, 6.45) is 5.31. The topological polar surface area (TPSA) is 80.0 Å². The second-order valence-corrected chi connectivity index (χ2v) is 6.63. The van der Waals surface area contributed by atoms with Gasteiger partial charge in [-0.15, -0.1) is 12.4 Å². The average Bonchev–Trinajstić information content (AvgIpc) is 2.47. The minimum absolute atomic E-state index is 0. The SMILES string of the molecule is Cl.NC1=NC2(CCCCC2)N(Cc2ccc(Cl)c(Cl)c2)C(N)=N1. The van der Waals surface area contributed by atoms with Crippen molar-refractivity contribution >= 4 is 47.5 Å². The Kier molecular flexibility index (Phi) is 5.65. The summed E-state index contributed by atoms with van der Waals surface area (Å²) in [5, 5.41) is 1.08. The van der Waals surface area contributed by atoms with Crippen LogP contribution in [-0.2, 0) is 6.54 Å². The molecule has 0 radical (unpaired) electrons. The van der Waals surface area contributed by atoms with Crippen molar-refractivity contribution in [3.63, 3.8) is 0 Å². The molecule has 1 fully saturated rings. The predicted molar refractivity (Wildman–Crippen MR) is 98.3 cm³/mol. The molecule has 2 aliphatic rings. The van der Waals surface area contributed by atoms with Crippen LogP contribution in [0, 0.1) is 0 Å². The molecule has 3 rings (SSSR count). The first kappa shape index (κ1) is 18.2. The van der Waals surface area contributed by atoms with Gasteiger partial charge in [0.15, 0.2) is 0 Å². The standard InChI is InChI=1S/C15H19Cl2N5.ClH/c16-11-5-4-10(8-12(11)17)9-22-14(19)20-13(18)21-15(22)6-2-1-3-7-15;/h4-5,8H,1-3,6-7,9H2,(H4,18,19,20,21);1H. The van der Waals surface area contributed by atoms with Crippen LogP contribution in [-0.4, -0.2) is 22.5 Å². The fourth-order valence-electron chi connectivity index (χ4n) is 3.24. The van der Waals surface area contributed by atoms with Crippen molar-refractivity contribution in [3.05, 3.63) is 33.8 Å². The molecule has 8 heteroatoms. The molecular formula is C15H20Cl3N5. The van der Waals surface area contributed by atoms with Gasteiger partial charge in [0, 0.05) is 6.54 Å².